The lowest BCUT2D eigenvalue weighted by molar-refractivity contribution is -0.141. The lowest BCUT2D eigenvalue weighted by atomic mass is 10.2. The van der Waals surface area contributed by atoms with E-state index in [1.807, 2.05) is 0 Å². The summed E-state index contributed by atoms with van der Waals surface area (Å²) in [6.45, 7) is 1.02. The maximum Gasteiger partial charge on any atom is 0.306 e. The molecule has 0 aliphatic carbocycles. The van der Waals surface area contributed by atoms with Crippen LogP contribution in [-0.2, 0) is 9.53 Å². The molecule has 0 radical (unpaired) electrons. The second-order valence-corrected chi connectivity index (χ2v) is 5.93. The molecule has 1 aliphatic heterocycles. The minimum atomic E-state index is -0.940. The van der Waals surface area contributed by atoms with Crippen molar-refractivity contribution in [2.45, 2.75) is 12.5 Å². The first-order chi connectivity index (χ1) is 11.5. The lowest BCUT2D eigenvalue weighted by Crippen LogP contribution is -2.46. The third-order valence-electron chi connectivity index (χ3n) is 3.75. The van der Waals surface area contributed by atoms with Crippen LogP contribution in [0.1, 0.15) is 16.8 Å². The minimum absolute atomic E-state index is 0.117. The zero-order valence-electron chi connectivity index (χ0n) is 12.8. The number of ether oxygens (including phenoxy) is 1. The van der Waals surface area contributed by atoms with Gasteiger partial charge < -0.3 is 14.7 Å². The van der Waals surface area contributed by atoms with E-state index in [0.29, 0.717) is 23.7 Å². The molecule has 126 valence electrons. The van der Waals surface area contributed by atoms with Gasteiger partial charge in [0.2, 0.25) is 0 Å². The molecular weight excluding hydrogens is 334 g/mol. The van der Waals surface area contributed by atoms with Gasteiger partial charge in [-0.25, -0.2) is 4.68 Å². The summed E-state index contributed by atoms with van der Waals surface area (Å²) in [5.41, 5.74) is 1.24. The quantitative estimate of drug-likeness (QED) is 0.910. The fourth-order valence-electron chi connectivity index (χ4n) is 2.57. The van der Waals surface area contributed by atoms with Crippen LogP contribution in [0.25, 0.3) is 5.69 Å². The highest BCUT2D eigenvalue weighted by Gasteiger charge is 2.27. The van der Waals surface area contributed by atoms with Crippen molar-refractivity contribution in [2.75, 3.05) is 19.7 Å². The Hall–Kier alpha value is -2.38. The second kappa shape index (κ2) is 7.02. The smallest absolute Gasteiger partial charge is 0.306 e. The van der Waals surface area contributed by atoms with Gasteiger partial charge in [-0.3, -0.25) is 9.59 Å². The van der Waals surface area contributed by atoms with Crippen LogP contribution in [0.4, 0.5) is 0 Å². The van der Waals surface area contributed by atoms with E-state index in [4.69, 9.17) is 21.4 Å². The predicted octanol–water partition coefficient (Wildman–Crippen LogP) is 1.84. The fraction of sp³-hybridized carbons (Fsp3) is 0.312. The minimum Gasteiger partial charge on any atom is -0.481 e. The van der Waals surface area contributed by atoms with Crippen LogP contribution < -0.4 is 0 Å². The van der Waals surface area contributed by atoms with Crippen molar-refractivity contribution in [3.05, 3.63) is 47.2 Å². The number of carboxylic acid groups (broad SMARTS) is 1. The third-order valence-corrected chi connectivity index (χ3v) is 4.00. The van der Waals surface area contributed by atoms with E-state index in [1.165, 1.54) is 6.20 Å². The second-order valence-electron chi connectivity index (χ2n) is 5.49. The van der Waals surface area contributed by atoms with E-state index >= 15 is 0 Å². The molecule has 1 aromatic carbocycles. The number of hydrogen-bond donors (Lipinski definition) is 1. The zero-order valence-corrected chi connectivity index (χ0v) is 13.5. The highest BCUT2D eigenvalue weighted by molar-refractivity contribution is 6.30. The van der Waals surface area contributed by atoms with Gasteiger partial charge in [0, 0.05) is 24.3 Å². The molecule has 8 heteroatoms. The number of hydrogen-bond acceptors (Lipinski definition) is 4. The molecule has 2 heterocycles. The summed E-state index contributed by atoms with van der Waals surface area (Å²) in [7, 11) is 0. The molecule has 1 N–H and O–H groups in total. The SMILES string of the molecule is O=C(O)CC1CN(C(=O)c2cnn(-c3ccc(Cl)cc3)c2)CCO1. The molecule has 24 heavy (non-hydrogen) atoms. The molecule has 0 bridgehead atoms. The topological polar surface area (TPSA) is 84.7 Å². The van der Waals surface area contributed by atoms with E-state index in [-0.39, 0.29) is 18.9 Å². The number of amides is 1. The van der Waals surface area contributed by atoms with Gasteiger partial charge in [-0.2, -0.15) is 5.10 Å². The van der Waals surface area contributed by atoms with Gasteiger partial charge in [-0.15, -0.1) is 0 Å². The number of carbonyl (C=O) groups excluding carboxylic acids is 1. The van der Waals surface area contributed by atoms with Gasteiger partial charge in [0.15, 0.2) is 0 Å². The highest BCUT2D eigenvalue weighted by Crippen LogP contribution is 2.16. The number of halogens is 1. The first-order valence-electron chi connectivity index (χ1n) is 7.46. The zero-order chi connectivity index (χ0) is 17.1. The average molecular weight is 350 g/mol. The predicted molar refractivity (Wildman–Crippen MR) is 86.5 cm³/mol. The summed E-state index contributed by atoms with van der Waals surface area (Å²) < 4.78 is 6.98. The van der Waals surface area contributed by atoms with E-state index in [9.17, 15) is 9.59 Å². The number of rotatable bonds is 4. The van der Waals surface area contributed by atoms with Crippen LogP contribution in [0.5, 0.6) is 0 Å². The molecular formula is C16H16ClN3O4. The molecule has 1 atom stereocenters. The van der Waals surface area contributed by atoms with E-state index in [0.717, 1.165) is 5.69 Å². The Morgan fingerprint density at radius 3 is 2.79 bits per heavy atom. The molecule has 1 amide bonds. The first kappa shape index (κ1) is 16.5. The third kappa shape index (κ3) is 3.74. The maximum absolute atomic E-state index is 12.6. The average Bonchev–Trinajstić information content (AvgIpc) is 3.04. The largest absolute Gasteiger partial charge is 0.481 e. The van der Waals surface area contributed by atoms with Crippen LogP contribution >= 0.6 is 11.6 Å². The van der Waals surface area contributed by atoms with Gasteiger partial charge in [0.1, 0.15) is 0 Å². The number of carbonyl (C=O) groups is 2. The molecule has 1 unspecified atom stereocenters. The summed E-state index contributed by atoms with van der Waals surface area (Å²) in [5, 5.41) is 13.7. The van der Waals surface area contributed by atoms with Crippen molar-refractivity contribution in [3.8, 4) is 5.69 Å². The number of aromatic nitrogens is 2. The molecule has 3 rings (SSSR count). The van der Waals surface area contributed by atoms with Crippen molar-refractivity contribution in [2.24, 2.45) is 0 Å². The van der Waals surface area contributed by atoms with Crippen LogP contribution in [0, 0.1) is 0 Å². The Kier molecular flexibility index (Phi) is 4.82. The van der Waals surface area contributed by atoms with Crippen molar-refractivity contribution in [1.82, 2.24) is 14.7 Å². The van der Waals surface area contributed by atoms with Gasteiger partial charge in [0.25, 0.3) is 5.91 Å². The first-order valence-corrected chi connectivity index (χ1v) is 7.84. The molecule has 1 saturated heterocycles. The number of aliphatic carboxylic acids is 1. The molecule has 1 fully saturated rings. The monoisotopic (exact) mass is 349 g/mol. The van der Waals surface area contributed by atoms with Crippen LogP contribution in [0.2, 0.25) is 5.02 Å². The van der Waals surface area contributed by atoms with Gasteiger partial charge in [-0.05, 0) is 24.3 Å². The van der Waals surface area contributed by atoms with Crippen LogP contribution in [0.3, 0.4) is 0 Å². The van der Waals surface area contributed by atoms with E-state index < -0.39 is 12.1 Å². The summed E-state index contributed by atoms with van der Waals surface area (Å²) >= 11 is 5.86. The maximum atomic E-state index is 12.6. The van der Waals surface area contributed by atoms with Gasteiger partial charge >= 0.3 is 5.97 Å². The van der Waals surface area contributed by atoms with Crippen molar-refractivity contribution < 1.29 is 19.4 Å². The van der Waals surface area contributed by atoms with Gasteiger partial charge in [-0.1, -0.05) is 11.6 Å². The number of carboxylic acids is 1. The Bertz CT molecular complexity index is 744. The molecule has 2 aromatic rings. The Labute approximate surface area is 143 Å². The summed E-state index contributed by atoms with van der Waals surface area (Å²) in [6.07, 6.45) is 2.55. The van der Waals surface area contributed by atoms with E-state index in [2.05, 4.69) is 5.10 Å². The molecule has 0 saturated carbocycles. The molecule has 7 nitrogen and oxygen atoms in total. The standard InChI is InChI=1S/C16H16ClN3O4/c17-12-1-3-13(4-2-12)20-9-11(8-18-20)16(23)19-5-6-24-14(10-19)7-15(21)22/h1-4,8-9,14H,5-7,10H2,(H,21,22). The Balaban J connectivity index is 1.71. The lowest BCUT2D eigenvalue weighted by Gasteiger charge is -2.32. The Morgan fingerprint density at radius 1 is 1.33 bits per heavy atom. The van der Waals surface area contributed by atoms with Crippen molar-refractivity contribution in [1.29, 1.82) is 0 Å². The van der Waals surface area contributed by atoms with E-state index in [1.54, 1.807) is 40.0 Å². The highest BCUT2D eigenvalue weighted by atomic mass is 35.5. The normalized spacial score (nSPS) is 17.7. The van der Waals surface area contributed by atoms with Crippen molar-refractivity contribution in [3.63, 3.8) is 0 Å². The number of morpholine rings is 1. The molecule has 1 aliphatic rings. The number of benzene rings is 1. The molecule has 1 aromatic heterocycles. The van der Waals surface area contributed by atoms with Crippen molar-refractivity contribution >= 4 is 23.5 Å². The summed E-state index contributed by atoms with van der Waals surface area (Å²) in [4.78, 5) is 25.0. The van der Waals surface area contributed by atoms with Gasteiger partial charge in [0.05, 0.1) is 36.6 Å². The van der Waals surface area contributed by atoms with Crippen LogP contribution in [0.15, 0.2) is 36.7 Å². The number of nitrogens with zero attached hydrogens (tertiary/aromatic N) is 3. The van der Waals surface area contributed by atoms with Crippen LogP contribution in [-0.4, -0.2) is 57.5 Å². The summed E-state index contributed by atoms with van der Waals surface area (Å²) in [5.74, 6) is -1.13. The fourth-order valence-corrected chi connectivity index (χ4v) is 2.70. The molecule has 0 spiro atoms. The Morgan fingerprint density at radius 2 is 2.08 bits per heavy atom. The summed E-state index contributed by atoms with van der Waals surface area (Å²) in [6, 6.07) is 7.11.